The minimum absolute atomic E-state index is 0.0714. The zero-order chi connectivity index (χ0) is 14.6. The molecule has 20 heavy (non-hydrogen) atoms. The van der Waals surface area contributed by atoms with Crippen molar-refractivity contribution in [1.29, 1.82) is 0 Å². The molecule has 2 rings (SSSR count). The first-order chi connectivity index (χ1) is 9.52. The second-order valence-electron chi connectivity index (χ2n) is 5.30. The lowest BCUT2D eigenvalue weighted by atomic mass is 9.66. The molecule has 0 spiro atoms. The SMILES string of the molecule is Cc1noc(CCCNC(=O)CC2(C(=O)O)CCC2)n1. The van der Waals surface area contributed by atoms with Gasteiger partial charge in [-0.3, -0.25) is 9.59 Å². The number of carbonyl (C=O) groups is 2. The smallest absolute Gasteiger partial charge is 0.310 e. The number of carboxylic acid groups (broad SMARTS) is 1. The Morgan fingerprint density at radius 3 is 2.70 bits per heavy atom. The van der Waals surface area contributed by atoms with Gasteiger partial charge in [-0.05, 0) is 26.2 Å². The second-order valence-corrected chi connectivity index (χ2v) is 5.30. The van der Waals surface area contributed by atoms with E-state index in [1.165, 1.54) is 0 Å². The normalized spacial score (nSPS) is 16.4. The van der Waals surface area contributed by atoms with Crippen LogP contribution in [0.5, 0.6) is 0 Å². The Morgan fingerprint density at radius 2 is 2.20 bits per heavy atom. The fraction of sp³-hybridized carbons (Fsp3) is 0.692. The zero-order valence-corrected chi connectivity index (χ0v) is 11.5. The molecule has 2 N–H and O–H groups in total. The van der Waals surface area contributed by atoms with Gasteiger partial charge in [0.15, 0.2) is 5.82 Å². The Labute approximate surface area is 116 Å². The van der Waals surface area contributed by atoms with Crippen molar-refractivity contribution in [3.8, 4) is 0 Å². The molecule has 1 saturated carbocycles. The first-order valence-corrected chi connectivity index (χ1v) is 6.81. The number of aliphatic carboxylic acids is 1. The molecule has 1 amide bonds. The van der Waals surface area contributed by atoms with Crippen LogP contribution in [-0.4, -0.2) is 33.7 Å². The van der Waals surface area contributed by atoms with Crippen molar-refractivity contribution in [2.75, 3.05) is 6.54 Å². The number of aryl methyl sites for hydroxylation is 2. The molecule has 0 bridgehead atoms. The highest BCUT2D eigenvalue weighted by molar-refractivity contribution is 5.85. The van der Waals surface area contributed by atoms with Gasteiger partial charge in [-0.25, -0.2) is 0 Å². The van der Waals surface area contributed by atoms with Crippen molar-refractivity contribution in [3.63, 3.8) is 0 Å². The summed E-state index contributed by atoms with van der Waals surface area (Å²) in [5, 5.41) is 15.6. The summed E-state index contributed by atoms with van der Waals surface area (Å²) < 4.78 is 4.96. The van der Waals surface area contributed by atoms with Gasteiger partial charge in [0.1, 0.15) is 0 Å². The number of rotatable bonds is 7. The second kappa shape index (κ2) is 6.02. The summed E-state index contributed by atoms with van der Waals surface area (Å²) in [5.41, 5.74) is -0.826. The van der Waals surface area contributed by atoms with Crippen LogP contribution in [0.15, 0.2) is 4.52 Å². The number of aromatic nitrogens is 2. The lowest BCUT2D eigenvalue weighted by molar-refractivity contribution is -0.157. The molecule has 0 unspecified atom stereocenters. The summed E-state index contributed by atoms with van der Waals surface area (Å²) >= 11 is 0. The number of carbonyl (C=O) groups excluding carboxylic acids is 1. The van der Waals surface area contributed by atoms with Crippen molar-refractivity contribution in [2.24, 2.45) is 5.41 Å². The standard InChI is InChI=1S/C13H19N3O4/c1-9-15-11(20-16-9)4-2-7-14-10(17)8-13(12(18)19)5-3-6-13/h2-8H2,1H3,(H,14,17)(H,18,19). The highest BCUT2D eigenvalue weighted by atomic mass is 16.5. The van der Waals surface area contributed by atoms with E-state index < -0.39 is 11.4 Å². The van der Waals surface area contributed by atoms with E-state index in [9.17, 15) is 9.59 Å². The molecule has 1 fully saturated rings. The van der Waals surface area contributed by atoms with Gasteiger partial charge in [-0.15, -0.1) is 0 Å². The lowest BCUT2D eigenvalue weighted by Gasteiger charge is -2.36. The molecular formula is C13H19N3O4. The number of hydrogen-bond acceptors (Lipinski definition) is 5. The Morgan fingerprint density at radius 1 is 1.45 bits per heavy atom. The molecule has 1 aliphatic carbocycles. The average Bonchev–Trinajstić information content (AvgIpc) is 2.75. The van der Waals surface area contributed by atoms with E-state index in [0.29, 0.717) is 43.9 Å². The van der Waals surface area contributed by atoms with Gasteiger partial charge < -0.3 is 14.9 Å². The van der Waals surface area contributed by atoms with E-state index in [4.69, 9.17) is 9.63 Å². The van der Waals surface area contributed by atoms with E-state index in [1.807, 2.05) is 0 Å². The van der Waals surface area contributed by atoms with Crippen LogP contribution in [0.2, 0.25) is 0 Å². The van der Waals surface area contributed by atoms with E-state index in [1.54, 1.807) is 6.92 Å². The van der Waals surface area contributed by atoms with E-state index in [0.717, 1.165) is 6.42 Å². The third kappa shape index (κ3) is 3.34. The van der Waals surface area contributed by atoms with Crippen molar-refractivity contribution in [2.45, 2.75) is 45.4 Å². The third-order valence-electron chi connectivity index (χ3n) is 3.72. The summed E-state index contributed by atoms with van der Waals surface area (Å²) in [6.45, 7) is 2.23. The highest BCUT2D eigenvalue weighted by Crippen LogP contribution is 2.44. The molecule has 110 valence electrons. The minimum Gasteiger partial charge on any atom is -0.481 e. The zero-order valence-electron chi connectivity index (χ0n) is 11.5. The molecular weight excluding hydrogens is 262 g/mol. The fourth-order valence-electron chi connectivity index (χ4n) is 2.35. The Balaban J connectivity index is 1.66. The number of hydrogen-bond donors (Lipinski definition) is 2. The van der Waals surface area contributed by atoms with Gasteiger partial charge in [0.25, 0.3) is 0 Å². The number of nitrogens with one attached hydrogen (secondary N) is 1. The largest absolute Gasteiger partial charge is 0.481 e. The highest BCUT2D eigenvalue weighted by Gasteiger charge is 2.45. The molecule has 1 aromatic rings. The van der Waals surface area contributed by atoms with Crippen LogP contribution in [0.25, 0.3) is 0 Å². The van der Waals surface area contributed by atoms with Crippen molar-refractivity contribution >= 4 is 11.9 Å². The van der Waals surface area contributed by atoms with E-state index in [-0.39, 0.29) is 12.3 Å². The molecule has 0 saturated heterocycles. The molecule has 7 heteroatoms. The molecule has 0 atom stereocenters. The fourth-order valence-corrected chi connectivity index (χ4v) is 2.35. The lowest BCUT2D eigenvalue weighted by Crippen LogP contribution is -2.42. The maximum atomic E-state index is 11.7. The molecule has 7 nitrogen and oxygen atoms in total. The Hall–Kier alpha value is -1.92. The van der Waals surface area contributed by atoms with Gasteiger partial charge >= 0.3 is 5.97 Å². The maximum Gasteiger partial charge on any atom is 0.310 e. The average molecular weight is 281 g/mol. The topological polar surface area (TPSA) is 105 Å². The molecule has 1 aliphatic rings. The number of carboxylic acids is 1. The van der Waals surface area contributed by atoms with Crippen LogP contribution in [0.4, 0.5) is 0 Å². The molecule has 0 radical (unpaired) electrons. The molecule has 0 aliphatic heterocycles. The summed E-state index contributed by atoms with van der Waals surface area (Å²) in [5.74, 6) is 0.0872. The number of amides is 1. The van der Waals surface area contributed by atoms with Crippen molar-refractivity contribution in [3.05, 3.63) is 11.7 Å². The number of nitrogens with zero attached hydrogens (tertiary/aromatic N) is 2. The van der Waals surface area contributed by atoms with E-state index >= 15 is 0 Å². The van der Waals surface area contributed by atoms with Crippen LogP contribution >= 0.6 is 0 Å². The summed E-state index contributed by atoms with van der Waals surface area (Å²) in [4.78, 5) is 27.0. The minimum atomic E-state index is -0.861. The van der Waals surface area contributed by atoms with Gasteiger partial charge in [0.2, 0.25) is 11.8 Å². The first-order valence-electron chi connectivity index (χ1n) is 6.81. The Bertz CT molecular complexity index is 494. The van der Waals surface area contributed by atoms with Crippen molar-refractivity contribution < 1.29 is 19.2 Å². The molecule has 1 heterocycles. The van der Waals surface area contributed by atoms with Gasteiger partial charge in [-0.2, -0.15) is 4.98 Å². The van der Waals surface area contributed by atoms with E-state index in [2.05, 4.69) is 15.5 Å². The van der Waals surface area contributed by atoms with Crippen LogP contribution in [-0.2, 0) is 16.0 Å². The third-order valence-corrected chi connectivity index (χ3v) is 3.72. The van der Waals surface area contributed by atoms with Gasteiger partial charge in [0, 0.05) is 19.4 Å². The Kier molecular flexibility index (Phi) is 4.36. The maximum absolute atomic E-state index is 11.7. The van der Waals surface area contributed by atoms with Crippen LogP contribution in [0.3, 0.4) is 0 Å². The quantitative estimate of drug-likeness (QED) is 0.724. The van der Waals surface area contributed by atoms with Crippen LogP contribution < -0.4 is 5.32 Å². The van der Waals surface area contributed by atoms with Gasteiger partial charge in [-0.1, -0.05) is 11.6 Å². The predicted octanol–water partition coefficient (Wildman–Crippen LogP) is 1.07. The molecule has 1 aromatic heterocycles. The monoisotopic (exact) mass is 281 g/mol. The summed E-state index contributed by atoms with van der Waals surface area (Å²) in [6, 6.07) is 0. The van der Waals surface area contributed by atoms with Gasteiger partial charge in [0.05, 0.1) is 5.41 Å². The predicted molar refractivity (Wildman–Crippen MR) is 68.9 cm³/mol. The van der Waals surface area contributed by atoms with Crippen LogP contribution in [0, 0.1) is 12.3 Å². The van der Waals surface area contributed by atoms with Crippen molar-refractivity contribution in [1.82, 2.24) is 15.5 Å². The first kappa shape index (κ1) is 14.5. The van der Waals surface area contributed by atoms with Crippen LogP contribution in [0.1, 0.15) is 43.8 Å². The summed E-state index contributed by atoms with van der Waals surface area (Å²) in [7, 11) is 0. The molecule has 0 aromatic carbocycles. The summed E-state index contributed by atoms with van der Waals surface area (Å²) in [6.07, 6.45) is 3.44.